The van der Waals surface area contributed by atoms with Crippen LogP contribution in [0.1, 0.15) is 31.7 Å². The molecule has 1 N–H and O–H groups in total. The first-order valence-corrected chi connectivity index (χ1v) is 7.89. The van der Waals surface area contributed by atoms with Crippen molar-refractivity contribution < 1.29 is 4.74 Å². The fourth-order valence-electron chi connectivity index (χ4n) is 2.79. The summed E-state index contributed by atoms with van der Waals surface area (Å²) in [5.74, 6) is 1.84. The highest BCUT2D eigenvalue weighted by Crippen LogP contribution is 2.16. The maximum atomic E-state index is 5.62. The lowest BCUT2D eigenvalue weighted by atomic mass is 9.97. The van der Waals surface area contributed by atoms with E-state index in [4.69, 9.17) is 4.74 Å². The summed E-state index contributed by atoms with van der Waals surface area (Å²) in [4.78, 5) is 2.44. The number of hydrogen-bond acceptors (Lipinski definition) is 3. The number of nitrogens with one attached hydrogen (secondary N) is 1. The van der Waals surface area contributed by atoms with Crippen molar-refractivity contribution >= 4 is 0 Å². The van der Waals surface area contributed by atoms with E-state index in [-0.39, 0.29) is 0 Å². The number of ether oxygens (including phenoxy) is 1. The molecule has 1 aromatic carbocycles. The van der Waals surface area contributed by atoms with Crippen molar-refractivity contribution in [3.8, 4) is 5.75 Å². The first kappa shape index (κ1) is 15.3. The summed E-state index contributed by atoms with van der Waals surface area (Å²) in [5, 5.41) is 3.43. The summed E-state index contributed by atoms with van der Waals surface area (Å²) in [6.45, 7) is 7.52. The standard InChI is InChI=1S/C17H28N2O/c1-3-12-20-17-6-4-15(5-7-17)13-19(2)14-16-8-10-18-11-9-16/h4-7,16,18H,3,8-14H2,1-2H3. The topological polar surface area (TPSA) is 24.5 Å². The van der Waals surface area contributed by atoms with E-state index in [9.17, 15) is 0 Å². The summed E-state index contributed by atoms with van der Waals surface area (Å²) >= 11 is 0. The van der Waals surface area contributed by atoms with Gasteiger partial charge in [-0.2, -0.15) is 0 Å². The Morgan fingerprint density at radius 3 is 2.55 bits per heavy atom. The average molecular weight is 276 g/mol. The van der Waals surface area contributed by atoms with Crippen molar-refractivity contribution in [3.05, 3.63) is 29.8 Å². The van der Waals surface area contributed by atoms with E-state index in [1.165, 1.54) is 38.0 Å². The second-order valence-electron chi connectivity index (χ2n) is 5.88. The van der Waals surface area contributed by atoms with Gasteiger partial charge in [0.1, 0.15) is 5.75 Å². The molecule has 1 saturated heterocycles. The number of benzene rings is 1. The van der Waals surface area contributed by atoms with Crippen LogP contribution in [0.5, 0.6) is 5.75 Å². The summed E-state index contributed by atoms with van der Waals surface area (Å²) in [7, 11) is 2.23. The van der Waals surface area contributed by atoms with Crippen LogP contribution in [0.2, 0.25) is 0 Å². The summed E-state index contributed by atoms with van der Waals surface area (Å²) in [6.07, 6.45) is 3.68. The van der Waals surface area contributed by atoms with E-state index in [0.717, 1.165) is 31.2 Å². The van der Waals surface area contributed by atoms with Gasteiger partial charge in [0.15, 0.2) is 0 Å². The van der Waals surface area contributed by atoms with E-state index in [0.29, 0.717) is 0 Å². The molecule has 20 heavy (non-hydrogen) atoms. The van der Waals surface area contributed by atoms with Crippen LogP contribution in [0.25, 0.3) is 0 Å². The molecule has 1 aromatic rings. The van der Waals surface area contributed by atoms with Crippen LogP contribution in [-0.2, 0) is 6.54 Å². The Morgan fingerprint density at radius 1 is 1.20 bits per heavy atom. The molecule has 1 aliphatic rings. The molecule has 0 radical (unpaired) electrons. The quantitative estimate of drug-likeness (QED) is 0.829. The van der Waals surface area contributed by atoms with Gasteiger partial charge in [0, 0.05) is 13.1 Å². The zero-order valence-corrected chi connectivity index (χ0v) is 12.9. The van der Waals surface area contributed by atoms with Gasteiger partial charge in [-0.1, -0.05) is 19.1 Å². The first-order chi connectivity index (χ1) is 9.78. The number of nitrogens with zero attached hydrogens (tertiary/aromatic N) is 1. The molecule has 0 saturated carbocycles. The smallest absolute Gasteiger partial charge is 0.119 e. The van der Waals surface area contributed by atoms with E-state index >= 15 is 0 Å². The van der Waals surface area contributed by atoms with Gasteiger partial charge in [-0.05, 0) is 63.0 Å². The van der Waals surface area contributed by atoms with Crippen LogP contribution in [0.4, 0.5) is 0 Å². The predicted molar refractivity (Wildman–Crippen MR) is 84.2 cm³/mol. The maximum absolute atomic E-state index is 5.62. The maximum Gasteiger partial charge on any atom is 0.119 e. The van der Waals surface area contributed by atoms with Crippen molar-refractivity contribution in [2.75, 3.05) is 33.3 Å². The van der Waals surface area contributed by atoms with Gasteiger partial charge < -0.3 is 15.0 Å². The number of rotatable bonds is 7. The summed E-state index contributed by atoms with van der Waals surface area (Å²) < 4.78 is 5.62. The molecule has 112 valence electrons. The zero-order valence-electron chi connectivity index (χ0n) is 12.9. The molecule has 1 fully saturated rings. The zero-order chi connectivity index (χ0) is 14.2. The molecule has 1 heterocycles. The highest BCUT2D eigenvalue weighted by molar-refractivity contribution is 5.27. The Labute approximate surface area is 123 Å². The normalized spacial score (nSPS) is 16.6. The lowest BCUT2D eigenvalue weighted by molar-refractivity contribution is 0.234. The predicted octanol–water partition coefficient (Wildman–Crippen LogP) is 2.91. The Balaban J connectivity index is 1.76. The van der Waals surface area contributed by atoms with Crippen molar-refractivity contribution in [2.24, 2.45) is 5.92 Å². The van der Waals surface area contributed by atoms with Crippen LogP contribution in [0.3, 0.4) is 0 Å². The van der Waals surface area contributed by atoms with Gasteiger partial charge in [0.25, 0.3) is 0 Å². The van der Waals surface area contributed by atoms with Gasteiger partial charge in [0.05, 0.1) is 6.61 Å². The molecule has 3 heteroatoms. The lowest BCUT2D eigenvalue weighted by Gasteiger charge is -2.27. The highest BCUT2D eigenvalue weighted by atomic mass is 16.5. The molecule has 0 aliphatic carbocycles. The highest BCUT2D eigenvalue weighted by Gasteiger charge is 2.14. The van der Waals surface area contributed by atoms with Gasteiger partial charge in [-0.15, -0.1) is 0 Å². The van der Waals surface area contributed by atoms with Crippen LogP contribution < -0.4 is 10.1 Å². The van der Waals surface area contributed by atoms with Crippen molar-refractivity contribution in [1.82, 2.24) is 10.2 Å². The fourth-order valence-corrected chi connectivity index (χ4v) is 2.79. The number of hydrogen-bond donors (Lipinski definition) is 1. The Morgan fingerprint density at radius 2 is 1.90 bits per heavy atom. The van der Waals surface area contributed by atoms with E-state index in [1.54, 1.807) is 0 Å². The monoisotopic (exact) mass is 276 g/mol. The number of piperidine rings is 1. The van der Waals surface area contributed by atoms with Crippen molar-refractivity contribution in [2.45, 2.75) is 32.7 Å². The minimum absolute atomic E-state index is 0.801. The molecule has 0 bridgehead atoms. The molecule has 0 spiro atoms. The van der Waals surface area contributed by atoms with Crippen molar-refractivity contribution in [1.29, 1.82) is 0 Å². The van der Waals surface area contributed by atoms with Gasteiger partial charge in [-0.25, -0.2) is 0 Å². The summed E-state index contributed by atoms with van der Waals surface area (Å²) in [6, 6.07) is 8.54. The third-order valence-corrected chi connectivity index (χ3v) is 3.88. The van der Waals surface area contributed by atoms with E-state index in [1.807, 2.05) is 0 Å². The van der Waals surface area contributed by atoms with Gasteiger partial charge in [0.2, 0.25) is 0 Å². The molecule has 3 nitrogen and oxygen atoms in total. The molecule has 0 amide bonds. The van der Waals surface area contributed by atoms with Crippen LogP contribution in [-0.4, -0.2) is 38.2 Å². The van der Waals surface area contributed by atoms with Crippen LogP contribution in [0, 0.1) is 5.92 Å². The lowest BCUT2D eigenvalue weighted by Crippen LogP contribution is -2.34. The van der Waals surface area contributed by atoms with Crippen LogP contribution in [0.15, 0.2) is 24.3 Å². The second kappa shape index (κ2) is 8.28. The minimum atomic E-state index is 0.801. The first-order valence-electron chi connectivity index (χ1n) is 7.89. The third kappa shape index (κ3) is 5.14. The van der Waals surface area contributed by atoms with E-state index < -0.39 is 0 Å². The molecule has 0 atom stereocenters. The molecule has 0 unspecified atom stereocenters. The molecular formula is C17H28N2O. The molecule has 1 aliphatic heterocycles. The Bertz CT molecular complexity index is 371. The third-order valence-electron chi connectivity index (χ3n) is 3.88. The van der Waals surface area contributed by atoms with Gasteiger partial charge in [-0.3, -0.25) is 0 Å². The van der Waals surface area contributed by atoms with Crippen LogP contribution >= 0.6 is 0 Å². The fraction of sp³-hybridized carbons (Fsp3) is 0.647. The average Bonchev–Trinajstić information content (AvgIpc) is 2.47. The van der Waals surface area contributed by atoms with Gasteiger partial charge >= 0.3 is 0 Å². The minimum Gasteiger partial charge on any atom is -0.494 e. The molecular weight excluding hydrogens is 248 g/mol. The van der Waals surface area contributed by atoms with E-state index in [2.05, 4.69) is 48.5 Å². The molecule has 0 aromatic heterocycles. The summed E-state index contributed by atoms with van der Waals surface area (Å²) in [5.41, 5.74) is 1.37. The Kier molecular flexibility index (Phi) is 6.34. The Hall–Kier alpha value is -1.06. The second-order valence-corrected chi connectivity index (χ2v) is 5.88. The largest absolute Gasteiger partial charge is 0.494 e. The SMILES string of the molecule is CCCOc1ccc(CN(C)CC2CCNCC2)cc1. The van der Waals surface area contributed by atoms with Crippen molar-refractivity contribution in [3.63, 3.8) is 0 Å². The molecule has 2 rings (SSSR count).